The molecule has 1 atom stereocenters. The van der Waals surface area contributed by atoms with E-state index < -0.39 is 0 Å². The van der Waals surface area contributed by atoms with Gasteiger partial charge in [0.1, 0.15) is 0 Å². The maximum atomic E-state index is 11.1. The number of amides is 1. The molecule has 0 aromatic carbocycles. The molecule has 2 aliphatic rings. The summed E-state index contributed by atoms with van der Waals surface area (Å²) in [4.78, 5) is 11.1. The average molecular weight is 139 g/mol. The predicted molar refractivity (Wildman–Crippen MR) is 38.5 cm³/mol. The van der Waals surface area contributed by atoms with Crippen molar-refractivity contribution in [3.63, 3.8) is 0 Å². The smallest absolute Gasteiger partial charge is 0.223 e. The fraction of sp³-hybridized carbons (Fsp3) is 0.875. The van der Waals surface area contributed by atoms with Gasteiger partial charge in [0.05, 0.1) is 0 Å². The van der Waals surface area contributed by atoms with E-state index in [2.05, 4.69) is 5.32 Å². The summed E-state index contributed by atoms with van der Waals surface area (Å²) < 4.78 is 0. The molecule has 2 nitrogen and oxygen atoms in total. The van der Waals surface area contributed by atoms with E-state index in [0.717, 1.165) is 6.42 Å². The molecule has 10 heavy (non-hydrogen) atoms. The van der Waals surface area contributed by atoms with Crippen LogP contribution < -0.4 is 5.32 Å². The lowest BCUT2D eigenvalue weighted by Crippen LogP contribution is -2.47. The second kappa shape index (κ2) is 1.74. The van der Waals surface area contributed by atoms with Crippen molar-refractivity contribution in [1.82, 2.24) is 5.32 Å². The zero-order valence-corrected chi connectivity index (χ0v) is 6.31. The van der Waals surface area contributed by atoms with Crippen molar-refractivity contribution in [2.45, 2.75) is 38.1 Å². The lowest BCUT2D eigenvalue weighted by Gasteiger charge is -2.38. The van der Waals surface area contributed by atoms with Gasteiger partial charge in [0.15, 0.2) is 0 Å². The van der Waals surface area contributed by atoms with Crippen molar-refractivity contribution < 1.29 is 4.79 Å². The standard InChI is InChI=1S/C8H13NO/c1-6-5-8(3-2-4-8)9-7(6)10/h6H,2-5H2,1H3,(H,9,10). The Morgan fingerprint density at radius 3 is 2.50 bits per heavy atom. The molecule has 1 spiro atoms. The third kappa shape index (κ3) is 0.678. The molecule has 0 aromatic rings. The SMILES string of the molecule is CC1CC2(CCC2)NC1=O. The van der Waals surface area contributed by atoms with Crippen LogP contribution >= 0.6 is 0 Å². The van der Waals surface area contributed by atoms with Gasteiger partial charge in [0, 0.05) is 11.5 Å². The van der Waals surface area contributed by atoms with Crippen molar-refractivity contribution >= 4 is 5.91 Å². The fourth-order valence-corrected chi connectivity index (χ4v) is 2.05. The van der Waals surface area contributed by atoms with Crippen molar-refractivity contribution in [2.75, 3.05) is 0 Å². The van der Waals surface area contributed by atoms with Gasteiger partial charge >= 0.3 is 0 Å². The molecular weight excluding hydrogens is 126 g/mol. The van der Waals surface area contributed by atoms with Gasteiger partial charge in [-0.2, -0.15) is 0 Å². The predicted octanol–water partition coefficient (Wildman–Crippen LogP) is 1.07. The number of nitrogens with one attached hydrogen (secondary N) is 1. The van der Waals surface area contributed by atoms with Crippen LogP contribution in [0.25, 0.3) is 0 Å². The van der Waals surface area contributed by atoms with E-state index in [-0.39, 0.29) is 17.4 Å². The van der Waals surface area contributed by atoms with Crippen molar-refractivity contribution in [3.05, 3.63) is 0 Å². The Morgan fingerprint density at radius 1 is 1.60 bits per heavy atom. The molecule has 1 saturated carbocycles. The third-order valence-corrected chi connectivity index (χ3v) is 2.84. The van der Waals surface area contributed by atoms with E-state index in [0.29, 0.717) is 0 Å². The third-order valence-electron chi connectivity index (χ3n) is 2.84. The van der Waals surface area contributed by atoms with E-state index in [1.165, 1.54) is 19.3 Å². The summed E-state index contributed by atoms with van der Waals surface area (Å²) in [5, 5.41) is 3.08. The fourth-order valence-electron chi connectivity index (χ4n) is 2.05. The van der Waals surface area contributed by atoms with E-state index in [1.807, 2.05) is 6.92 Å². The molecule has 0 bridgehead atoms. The molecule has 1 saturated heterocycles. The van der Waals surface area contributed by atoms with Crippen LogP contribution in [0.2, 0.25) is 0 Å². The Hall–Kier alpha value is -0.530. The van der Waals surface area contributed by atoms with Crippen LogP contribution in [0.5, 0.6) is 0 Å². The van der Waals surface area contributed by atoms with Gasteiger partial charge in [-0.3, -0.25) is 4.79 Å². The molecule has 2 fully saturated rings. The van der Waals surface area contributed by atoms with Crippen molar-refractivity contribution in [3.8, 4) is 0 Å². The highest BCUT2D eigenvalue weighted by Crippen LogP contribution is 2.41. The van der Waals surface area contributed by atoms with Crippen LogP contribution in [0, 0.1) is 5.92 Å². The number of carbonyl (C=O) groups excluding carboxylic acids is 1. The van der Waals surface area contributed by atoms with Crippen LogP contribution in [0.4, 0.5) is 0 Å². The number of hydrogen-bond acceptors (Lipinski definition) is 1. The maximum absolute atomic E-state index is 11.1. The van der Waals surface area contributed by atoms with Gasteiger partial charge in [-0.15, -0.1) is 0 Å². The number of rotatable bonds is 0. The van der Waals surface area contributed by atoms with E-state index in [9.17, 15) is 4.79 Å². The van der Waals surface area contributed by atoms with Gasteiger partial charge in [0.25, 0.3) is 0 Å². The lowest BCUT2D eigenvalue weighted by molar-refractivity contribution is -0.122. The zero-order chi connectivity index (χ0) is 7.19. The average Bonchev–Trinajstić information content (AvgIpc) is 2.08. The summed E-state index contributed by atoms with van der Waals surface area (Å²) in [6.45, 7) is 2.02. The molecule has 1 amide bonds. The minimum absolute atomic E-state index is 0.260. The quantitative estimate of drug-likeness (QED) is 0.534. The highest BCUT2D eigenvalue weighted by Gasteiger charge is 2.45. The van der Waals surface area contributed by atoms with Gasteiger partial charge < -0.3 is 5.32 Å². The van der Waals surface area contributed by atoms with E-state index in [1.54, 1.807) is 0 Å². The molecule has 56 valence electrons. The molecular formula is C8H13NO. The number of carbonyl (C=O) groups is 1. The molecule has 1 heterocycles. The van der Waals surface area contributed by atoms with Gasteiger partial charge in [-0.05, 0) is 25.7 Å². The minimum atomic E-state index is 0.260. The van der Waals surface area contributed by atoms with Crippen LogP contribution in [0.15, 0.2) is 0 Å². The summed E-state index contributed by atoms with van der Waals surface area (Å²) in [7, 11) is 0. The molecule has 1 unspecified atom stereocenters. The first-order valence-electron chi connectivity index (χ1n) is 4.04. The summed E-state index contributed by atoms with van der Waals surface area (Å²) in [6.07, 6.45) is 4.80. The summed E-state index contributed by atoms with van der Waals surface area (Å²) in [5.74, 6) is 0.528. The summed E-state index contributed by atoms with van der Waals surface area (Å²) in [5.41, 5.74) is 0.260. The topological polar surface area (TPSA) is 29.1 Å². The van der Waals surface area contributed by atoms with Crippen LogP contribution in [-0.4, -0.2) is 11.4 Å². The molecule has 1 N–H and O–H groups in total. The normalized spacial score (nSPS) is 35.7. The van der Waals surface area contributed by atoms with Crippen LogP contribution in [0.1, 0.15) is 32.6 Å². The molecule has 2 rings (SSSR count). The first-order chi connectivity index (χ1) is 4.72. The first kappa shape index (κ1) is 6.20. The summed E-state index contributed by atoms with van der Waals surface area (Å²) in [6, 6.07) is 0. The molecule has 1 aliphatic heterocycles. The van der Waals surface area contributed by atoms with Crippen LogP contribution in [-0.2, 0) is 4.79 Å². The molecule has 0 radical (unpaired) electrons. The monoisotopic (exact) mass is 139 g/mol. The Labute approximate surface area is 61.0 Å². The zero-order valence-electron chi connectivity index (χ0n) is 6.31. The minimum Gasteiger partial charge on any atom is -0.350 e. The first-order valence-corrected chi connectivity index (χ1v) is 4.04. The van der Waals surface area contributed by atoms with E-state index >= 15 is 0 Å². The van der Waals surface area contributed by atoms with E-state index in [4.69, 9.17) is 0 Å². The molecule has 1 aliphatic carbocycles. The van der Waals surface area contributed by atoms with Crippen LogP contribution in [0.3, 0.4) is 0 Å². The molecule has 0 aromatic heterocycles. The second-order valence-electron chi connectivity index (χ2n) is 3.73. The highest BCUT2D eigenvalue weighted by atomic mass is 16.2. The highest BCUT2D eigenvalue weighted by molar-refractivity contribution is 5.82. The van der Waals surface area contributed by atoms with Gasteiger partial charge in [-0.25, -0.2) is 0 Å². The Balaban J connectivity index is 2.10. The summed E-state index contributed by atoms with van der Waals surface area (Å²) >= 11 is 0. The van der Waals surface area contributed by atoms with Gasteiger partial charge in [-0.1, -0.05) is 6.92 Å². The Bertz CT molecular complexity index is 172. The maximum Gasteiger partial charge on any atom is 0.223 e. The lowest BCUT2D eigenvalue weighted by atomic mass is 9.75. The van der Waals surface area contributed by atoms with Crippen molar-refractivity contribution in [1.29, 1.82) is 0 Å². The van der Waals surface area contributed by atoms with Gasteiger partial charge in [0.2, 0.25) is 5.91 Å². The molecule has 2 heteroatoms. The number of hydrogen-bond donors (Lipinski definition) is 1. The van der Waals surface area contributed by atoms with Crippen molar-refractivity contribution in [2.24, 2.45) is 5.92 Å². The Kier molecular flexibility index (Phi) is 1.08. The second-order valence-corrected chi connectivity index (χ2v) is 3.73. The Morgan fingerprint density at radius 2 is 2.30 bits per heavy atom. The largest absolute Gasteiger partial charge is 0.350 e.